The van der Waals surface area contributed by atoms with Crippen molar-refractivity contribution in [2.75, 3.05) is 0 Å². The molecule has 0 bridgehead atoms. The van der Waals surface area contributed by atoms with Crippen LogP contribution in [0.1, 0.15) is 38.7 Å². The summed E-state index contributed by atoms with van der Waals surface area (Å²) >= 11 is 3.46. The van der Waals surface area contributed by atoms with Gasteiger partial charge in [0.1, 0.15) is 0 Å². The van der Waals surface area contributed by atoms with Crippen molar-refractivity contribution in [2.24, 2.45) is 23.7 Å². The number of carboxylic acids is 1. The Morgan fingerprint density at radius 3 is 2.50 bits per heavy atom. The zero-order valence-electron chi connectivity index (χ0n) is 12.2. The number of carboxylic acid groups (broad SMARTS) is 1. The highest BCUT2D eigenvalue weighted by Gasteiger charge is 2.34. The van der Waals surface area contributed by atoms with Gasteiger partial charge in [-0.25, -0.2) is 0 Å². The van der Waals surface area contributed by atoms with E-state index < -0.39 is 5.97 Å². The smallest absolute Gasteiger partial charge is 0.307 e. The average Bonchev–Trinajstić information content (AvgIpc) is 2.34. The third kappa shape index (κ3) is 4.08. The molecule has 1 aromatic carbocycles. The van der Waals surface area contributed by atoms with E-state index in [-0.39, 0.29) is 5.92 Å². The largest absolute Gasteiger partial charge is 0.481 e. The number of aliphatic carboxylic acids is 1. The van der Waals surface area contributed by atoms with Crippen LogP contribution >= 0.6 is 15.9 Å². The van der Waals surface area contributed by atoms with Crippen LogP contribution in [0.5, 0.6) is 0 Å². The van der Waals surface area contributed by atoms with Crippen LogP contribution in [-0.4, -0.2) is 11.1 Å². The summed E-state index contributed by atoms with van der Waals surface area (Å²) < 4.78 is 1.02. The molecule has 0 saturated heterocycles. The Morgan fingerprint density at radius 1 is 1.30 bits per heavy atom. The van der Waals surface area contributed by atoms with Gasteiger partial charge in [0.15, 0.2) is 0 Å². The molecule has 20 heavy (non-hydrogen) atoms. The van der Waals surface area contributed by atoms with E-state index in [0.717, 1.165) is 22.9 Å². The van der Waals surface area contributed by atoms with Crippen LogP contribution in [0, 0.1) is 23.7 Å². The summed E-state index contributed by atoms with van der Waals surface area (Å²) in [6.45, 7) is 4.50. The van der Waals surface area contributed by atoms with Crippen molar-refractivity contribution < 1.29 is 9.90 Å². The van der Waals surface area contributed by atoms with E-state index in [1.165, 1.54) is 6.42 Å². The second kappa shape index (κ2) is 6.75. The van der Waals surface area contributed by atoms with Crippen molar-refractivity contribution in [2.45, 2.75) is 39.5 Å². The van der Waals surface area contributed by atoms with Gasteiger partial charge in [-0.3, -0.25) is 4.79 Å². The molecule has 3 unspecified atom stereocenters. The van der Waals surface area contributed by atoms with Crippen LogP contribution in [0.2, 0.25) is 0 Å². The van der Waals surface area contributed by atoms with E-state index >= 15 is 0 Å². The lowest BCUT2D eigenvalue weighted by molar-refractivity contribution is -0.144. The van der Waals surface area contributed by atoms with Crippen LogP contribution in [0.4, 0.5) is 0 Å². The molecule has 1 aromatic rings. The molecule has 0 radical (unpaired) electrons. The molecule has 3 atom stereocenters. The van der Waals surface area contributed by atoms with Crippen LogP contribution < -0.4 is 0 Å². The molecule has 0 amide bonds. The minimum atomic E-state index is -0.642. The van der Waals surface area contributed by atoms with Gasteiger partial charge in [0.05, 0.1) is 5.92 Å². The van der Waals surface area contributed by atoms with E-state index in [9.17, 15) is 9.90 Å². The molecule has 2 rings (SSSR count). The molecule has 1 fully saturated rings. The standard InChI is InChI=1S/C17H23BrO2/c1-11-6-12(2)8-14(7-11)16(17(19)20)10-13-4-3-5-15(18)9-13/h3-5,9,11-12,14,16H,6-8,10H2,1-2H3,(H,19,20). The van der Waals surface area contributed by atoms with Gasteiger partial charge in [0.25, 0.3) is 0 Å². The summed E-state index contributed by atoms with van der Waals surface area (Å²) in [6, 6.07) is 8.01. The molecule has 0 heterocycles. The van der Waals surface area contributed by atoms with E-state index in [1.54, 1.807) is 0 Å². The normalized spacial score (nSPS) is 28.1. The fourth-order valence-electron chi connectivity index (χ4n) is 3.71. The first kappa shape index (κ1) is 15.6. The Labute approximate surface area is 129 Å². The first-order valence-electron chi connectivity index (χ1n) is 7.43. The minimum Gasteiger partial charge on any atom is -0.481 e. The number of hydrogen-bond donors (Lipinski definition) is 1. The van der Waals surface area contributed by atoms with Crippen molar-refractivity contribution in [3.05, 3.63) is 34.3 Å². The van der Waals surface area contributed by atoms with Crippen molar-refractivity contribution in [1.82, 2.24) is 0 Å². The quantitative estimate of drug-likeness (QED) is 0.858. The zero-order valence-corrected chi connectivity index (χ0v) is 13.8. The van der Waals surface area contributed by atoms with E-state index in [2.05, 4.69) is 29.8 Å². The molecule has 110 valence electrons. The highest BCUT2D eigenvalue weighted by Crippen LogP contribution is 2.38. The molecule has 3 heteroatoms. The SMILES string of the molecule is CC1CC(C)CC(C(Cc2cccc(Br)c2)C(=O)O)C1. The van der Waals surface area contributed by atoms with Gasteiger partial charge in [-0.1, -0.05) is 41.9 Å². The fourth-order valence-corrected chi connectivity index (χ4v) is 4.16. The van der Waals surface area contributed by atoms with Gasteiger partial charge >= 0.3 is 5.97 Å². The maximum atomic E-state index is 11.7. The Hall–Kier alpha value is -0.830. The highest BCUT2D eigenvalue weighted by molar-refractivity contribution is 9.10. The van der Waals surface area contributed by atoms with Crippen molar-refractivity contribution in [3.63, 3.8) is 0 Å². The molecule has 0 aromatic heterocycles. The van der Waals surface area contributed by atoms with Gasteiger partial charge < -0.3 is 5.11 Å². The Morgan fingerprint density at radius 2 is 1.95 bits per heavy atom. The Kier molecular flexibility index (Phi) is 5.25. The van der Waals surface area contributed by atoms with E-state index in [1.807, 2.05) is 24.3 Å². The van der Waals surface area contributed by atoms with Gasteiger partial charge in [0.2, 0.25) is 0 Å². The van der Waals surface area contributed by atoms with E-state index in [0.29, 0.717) is 24.2 Å². The van der Waals surface area contributed by atoms with Crippen LogP contribution in [0.15, 0.2) is 28.7 Å². The van der Waals surface area contributed by atoms with E-state index in [4.69, 9.17) is 0 Å². The number of carbonyl (C=O) groups is 1. The first-order chi connectivity index (χ1) is 9.45. The van der Waals surface area contributed by atoms with Gasteiger partial charge in [-0.15, -0.1) is 0 Å². The van der Waals surface area contributed by atoms with Crippen molar-refractivity contribution in [3.8, 4) is 0 Å². The third-order valence-corrected chi connectivity index (χ3v) is 4.94. The molecule has 1 saturated carbocycles. The monoisotopic (exact) mass is 338 g/mol. The summed E-state index contributed by atoms with van der Waals surface area (Å²) in [6.07, 6.45) is 3.98. The maximum Gasteiger partial charge on any atom is 0.307 e. The number of halogens is 1. The lowest BCUT2D eigenvalue weighted by Crippen LogP contribution is -2.32. The predicted molar refractivity (Wildman–Crippen MR) is 84.6 cm³/mol. The molecule has 1 aliphatic rings. The fraction of sp³-hybridized carbons (Fsp3) is 0.588. The lowest BCUT2D eigenvalue weighted by Gasteiger charge is -2.35. The van der Waals surface area contributed by atoms with Crippen molar-refractivity contribution >= 4 is 21.9 Å². The second-order valence-corrected chi connectivity index (χ2v) is 7.37. The molecular formula is C17H23BrO2. The number of hydrogen-bond acceptors (Lipinski definition) is 1. The molecule has 0 aliphatic heterocycles. The second-order valence-electron chi connectivity index (χ2n) is 6.46. The third-order valence-electron chi connectivity index (χ3n) is 4.45. The van der Waals surface area contributed by atoms with Gasteiger partial charge in [-0.05, 0) is 61.1 Å². The number of rotatable bonds is 4. The predicted octanol–water partition coefficient (Wildman–Crippen LogP) is 4.76. The van der Waals surface area contributed by atoms with Crippen LogP contribution in [-0.2, 0) is 11.2 Å². The lowest BCUT2D eigenvalue weighted by atomic mass is 9.70. The zero-order chi connectivity index (χ0) is 14.7. The first-order valence-corrected chi connectivity index (χ1v) is 8.22. The van der Waals surface area contributed by atoms with Gasteiger partial charge in [0, 0.05) is 4.47 Å². The maximum absolute atomic E-state index is 11.7. The van der Waals surface area contributed by atoms with Crippen LogP contribution in [0.25, 0.3) is 0 Å². The van der Waals surface area contributed by atoms with Crippen LogP contribution in [0.3, 0.4) is 0 Å². The minimum absolute atomic E-state index is 0.255. The Balaban J connectivity index is 2.12. The summed E-state index contributed by atoms with van der Waals surface area (Å²) in [5, 5.41) is 9.62. The molecular weight excluding hydrogens is 316 g/mol. The summed E-state index contributed by atoms with van der Waals surface area (Å²) in [7, 11) is 0. The molecule has 1 aliphatic carbocycles. The Bertz CT molecular complexity index is 462. The molecule has 2 nitrogen and oxygen atoms in total. The van der Waals surface area contributed by atoms with Gasteiger partial charge in [-0.2, -0.15) is 0 Å². The summed E-state index contributed by atoms with van der Waals surface area (Å²) in [5.74, 6) is 0.706. The number of benzene rings is 1. The summed E-state index contributed by atoms with van der Waals surface area (Å²) in [5.41, 5.74) is 1.11. The summed E-state index contributed by atoms with van der Waals surface area (Å²) in [4.78, 5) is 11.7. The highest BCUT2D eigenvalue weighted by atomic mass is 79.9. The molecule has 0 spiro atoms. The molecule has 1 N–H and O–H groups in total. The topological polar surface area (TPSA) is 37.3 Å². The average molecular weight is 339 g/mol. The van der Waals surface area contributed by atoms with Crippen molar-refractivity contribution in [1.29, 1.82) is 0 Å².